The fourth-order valence-corrected chi connectivity index (χ4v) is 3.56. The summed E-state index contributed by atoms with van der Waals surface area (Å²) >= 11 is 1.78. The Hall–Kier alpha value is -0.840. The highest BCUT2D eigenvalue weighted by Gasteiger charge is 2.41. The Kier molecular flexibility index (Phi) is 6.55. The van der Waals surface area contributed by atoms with E-state index in [1.165, 1.54) is 0 Å². The number of ether oxygens (including phenoxy) is 1. The smallest absolute Gasteiger partial charge is 0.316 e. The van der Waals surface area contributed by atoms with Crippen LogP contribution in [0.5, 0.6) is 0 Å². The Morgan fingerprint density at radius 1 is 1.42 bits per heavy atom. The summed E-state index contributed by atoms with van der Waals surface area (Å²) in [4.78, 5) is 35.4. The molecule has 0 aliphatic heterocycles. The quantitative estimate of drug-likeness (QED) is 0.553. The molecule has 108 valence electrons. The summed E-state index contributed by atoms with van der Waals surface area (Å²) < 4.78 is 4.98. The topological polar surface area (TPSA) is 60.4 Å². The molecule has 1 rings (SSSR count). The van der Waals surface area contributed by atoms with Gasteiger partial charge in [0.05, 0.1) is 13.0 Å². The maximum absolute atomic E-state index is 11.9. The molecule has 0 spiro atoms. The van der Waals surface area contributed by atoms with Crippen molar-refractivity contribution in [2.45, 2.75) is 45.3 Å². The molecule has 0 unspecified atom stereocenters. The third kappa shape index (κ3) is 4.64. The number of hydrogen-bond donors (Lipinski definition) is 0. The summed E-state index contributed by atoms with van der Waals surface area (Å²) in [6, 6.07) is 0. The Morgan fingerprint density at radius 2 is 2.11 bits per heavy atom. The van der Waals surface area contributed by atoms with Gasteiger partial charge in [-0.15, -0.1) is 0 Å². The molecule has 4 nitrogen and oxygen atoms in total. The van der Waals surface area contributed by atoms with Crippen LogP contribution < -0.4 is 0 Å². The molecule has 0 saturated heterocycles. The molecule has 0 amide bonds. The molecule has 19 heavy (non-hydrogen) atoms. The zero-order valence-corrected chi connectivity index (χ0v) is 12.6. The van der Waals surface area contributed by atoms with E-state index in [1.54, 1.807) is 18.7 Å². The number of ketones is 2. The van der Waals surface area contributed by atoms with Gasteiger partial charge in [-0.1, -0.05) is 13.8 Å². The maximum Gasteiger partial charge on any atom is 0.316 e. The minimum Gasteiger partial charge on any atom is -0.465 e. The van der Waals surface area contributed by atoms with Gasteiger partial charge in [0, 0.05) is 11.7 Å². The van der Waals surface area contributed by atoms with Gasteiger partial charge < -0.3 is 4.74 Å². The summed E-state index contributed by atoms with van der Waals surface area (Å²) in [6.45, 7) is 6.13. The van der Waals surface area contributed by atoms with E-state index < -0.39 is 11.9 Å². The zero-order chi connectivity index (χ0) is 14.4. The maximum atomic E-state index is 11.9. The first-order chi connectivity index (χ1) is 8.99. The molecule has 0 bridgehead atoms. The third-order valence-corrected chi connectivity index (χ3v) is 4.40. The number of hydrogen-bond acceptors (Lipinski definition) is 5. The van der Waals surface area contributed by atoms with Gasteiger partial charge in [-0.25, -0.2) is 0 Å². The average Bonchev–Trinajstić information content (AvgIpc) is 2.28. The van der Waals surface area contributed by atoms with E-state index in [9.17, 15) is 14.4 Å². The van der Waals surface area contributed by atoms with Crippen LogP contribution in [0.3, 0.4) is 0 Å². The molecular weight excluding hydrogens is 264 g/mol. The lowest BCUT2D eigenvalue weighted by Crippen LogP contribution is -2.40. The number of rotatable bonds is 6. The molecule has 1 aliphatic carbocycles. The fraction of sp³-hybridized carbons (Fsp3) is 0.786. The standard InChI is InChI=1S/C14H22O4S/c1-4-18-14(17)13-10(6-9(3)19-5-2)7-11(15)8-12(13)16/h9-10,13H,4-8H2,1-3H3/t9-,10+,13-/m1/s1. The lowest BCUT2D eigenvalue weighted by molar-refractivity contribution is -0.156. The van der Waals surface area contributed by atoms with Gasteiger partial charge in [-0.3, -0.25) is 14.4 Å². The predicted molar refractivity (Wildman–Crippen MR) is 75.1 cm³/mol. The van der Waals surface area contributed by atoms with Crippen molar-refractivity contribution in [3.63, 3.8) is 0 Å². The van der Waals surface area contributed by atoms with Crippen LogP contribution in [0.2, 0.25) is 0 Å². The first-order valence-electron chi connectivity index (χ1n) is 6.82. The Morgan fingerprint density at radius 3 is 2.68 bits per heavy atom. The number of esters is 1. The van der Waals surface area contributed by atoms with Crippen LogP contribution in [-0.2, 0) is 19.1 Å². The summed E-state index contributed by atoms with van der Waals surface area (Å²) in [5.74, 6) is -0.726. The summed E-state index contributed by atoms with van der Waals surface area (Å²) in [6.07, 6.45) is 0.915. The second-order valence-electron chi connectivity index (χ2n) is 4.88. The van der Waals surface area contributed by atoms with Gasteiger partial charge >= 0.3 is 5.97 Å². The van der Waals surface area contributed by atoms with E-state index in [0.29, 0.717) is 18.1 Å². The largest absolute Gasteiger partial charge is 0.465 e. The molecule has 0 heterocycles. The number of carbonyl (C=O) groups excluding carboxylic acids is 3. The van der Waals surface area contributed by atoms with Crippen molar-refractivity contribution in [2.75, 3.05) is 12.4 Å². The molecule has 3 atom stereocenters. The molecule has 1 aliphatic rings. The van der Waals surface area contributed by atoms with Gasteiger partial charge in [-0.2, -0.15) is 11.8 Å². The Balaban J connectivity index is 2.78. The summed E-state index contributed by atoms with van der Waals surface area (Å²) in [5.41, 5.74) is 0. The average molecular weight is 286 g/mol. The molecule has 1 fully saturated rings. The minimum absolute atomic E-state index is 0.0516. The van der Waals surface area contributed by atoms with E-state index >= 15 is 0 Å². The number of carbonyl (C=O) groups is 3. The van der Waals surface area contributed by atoms with Crippen molar-refractivity contribution in [2.24, 2.45) is 11.8 Å². The van der Waals surface area contributed by atoms with E-state index in [0.717, 1.165) is 5.75 Å². The highest BCUT2D eigenvalue weighted by Crippen LogP contribution is 2.33. The van der Waals surface area contributed by atoms with Gasteiger partial charge in [0.25, 0.3) is 0 Å². The van der Waals surface area contributed by atoms with Crippen LogP contribution in [0.4, 0.5) is 0 Å². The van der Waals surface area contributed by atoms with E-state index in [1.807, 2.05) is 0 Å². The Labute approximate surface area is 118 Å². The lowest BCUT2D eigenvalue weighted by atomic mass is 9.75. The van der Waals surface area contributed by atoms with E-state index in [2.05, 4.69) is 13.8 Å². The van der Waals surface area contributed by atoms with E-state index in [4.69, 9.17) is 4.74 Å². The molecule has 1 saturated carbocycles. The van der Waals surface area contributed by atoms with Crippen molar-refractivity contribution in [3.8, 4) is 0 Å². The summed E-state index contributed by atoms with van der Waals surface area (Å²) in [5, 5.41) is 0.339. The van der Waals surface area contributed by atoms with Gasteiger partial charge in [0.2, 0.25) is 0 Å². The second-order valence-corrected chi connectivity index (χ2v) is 6.59. The van der Waals surface area contributed by atoms with Gasteiger partial charge in [-0.05, 0) is 25.0 Å². The second kappa shape index (κ2) is 7.68. The molecule has 0 aromatic carbocycles. The van der Waals surface area contributed by atoms with Crippen molar-refractivity contribution in [1.29, 1.82) is 0 Å². The predicted octanol–water partition coefficient (Wildman–Crippen LogP) is 2.25. The van der Waals surface area contributed by atoms with Crippen molar-refractivity contribution < 1.29 is 19.1 Å². The highest BCUT2D eigenvalue weighted by atomic mass is 32.2. The molecule has 0 radical (unpaired) electrons. The number of thioether (sulfide) groups is 1. The first kappa shape index (κ1) is 16.2. The van der Waals surface area contributed by atoms with Crippen molar-refractivity contribution in [1.82, 2.24) is 0 Å². The molecular formula is C14H22O4S. The van der Waals surface area contributed by atoms with Gasteiger partial charge in [0.15, 0.2) is 5.78 Å². The molecule has 5 heteroatoms. The lowest BCUT2D eigenvalue weighted by Gasteiger charge is -2.29. The van der Waals surface area contributed by atoms with Crippen LogP contribution in [0.25, 0.3) is 0 Å². The van der Waals surface area contributed by atoms with E-state index in [-0.39, 0.29) is 30.5 Å². The van der Waals surface area contributed by atoms with Crippen LogP contribution >= 0.6 is 11.8 Å². The zero-order valence-electron chi connectivity index (χ0n) is 11.8. The van der Waals surface area contributed by atoms with Crippen molar-refractivity contribution >= 4 is 29.3 Å². The Bertz CT molecular complexity index is 353. The van der Waals surface area contributed by atoms with Gasteiger partial charge in [0.1, 0.15) is 11.7 Å². The summed E-state index contributed by atoms with van der Waals surface area (Å²) in [7, 11) is 0. The van der Waals surface area contributed by atoms with Crippen LogP contribution in [-0.4, -0.2) is 35.1 Å². The third-order valence-electron chi connectivity index (χ3n) is 3.31. The van der Waals surface area contributed by atoms with Crippen LogP contribution in [0, 0.1) is 11.8 Å². The molecule has 0 N–H and O–H groups in total. The van der Waals surface area contributed by atoms with Crippen LogP contribution in [0.15, 0.2) is 0 Å². The monoisotopic (exact) mass is 286 g/mol. The fourth-order valence-electron chi connectivity index (χ4n) is 2.60. The molecule has 0 aromatic heterocycles. The number of Topliss-reactive ketones (excluding diaryl/α,β-unsaturated/α-hetero) is 2. The van der Waals surface area contributed by atoms with Crippen molar-refractivity contribution in [3.05, 3.63) is 0 Å². The normalized spacial score (nSPS) is 25.2. The first-order valence-corrected chi connectivity index (χ1v) is 7.87. The highest BCUT2D eigenvalue weighted by molar-refractivity contribution is 7.99. The minimum atomic E-state index is -0.738. The SMILES string of the molecule is CCOC(=O)[C@H]1C(=O)CC(=O)C[C@@H]1C[C@@H](C)SCC. The molecule has 0 aromatic rings. The van der Waals surface area contributed by atoms with Crippen LogP contribution in [0.1, 0.15) is 40.0 Å².